The maximum Gasteiger partial charge on any atom is 0.165 e. The Morgan fingerprint density at radius 3 is 2.74 bits per heavy atom. The van der Waals surface area contributed by atoms with Crippen molar-refractivity contribution in [3.05, 3.63) is 42.2 Å². The van der Waals surface area contributed by atoms with Crippen LogP contribution in [0.2, 0.25) is 0 Å². The number of nitrogens with two attached hydrogens (primary N) is 1. The van der Waals surface area contributed by atoms with E-state index < -0.39 is 5.82 Å². The lowest BCUT2D eigenvalue weighted by Gasteiger charge is -2.07. The van der Waals surface area contributed by atoms with Gasteiger partial charge in [-0.1, -0.05) is 0 Å². The first-order valence-electron chi connectivity index (χ1n) is 7.24. The average Bonchev–Trinajstić information content (AvgIpc) is 2.85. The summed E-state index contributed by atoms with van der Waals surface area (Å²) in [5, 5.41) is 5.37. The zero-order valence-electron chi connectivity index (χ0n) is 13.0. The first kappa shape index (κ1) is 15.3. The van der Waals surface area contributed by atoms with Crippen LogP contribution >= 0.6 is 0 Å². The van der Waals surface area contributed by atoms with E-state index in [1.807, 2.05) is 25.2 Å². The highest BCUT2D eigenvalue weighted by molar-refractivity contribution is 5.95. The van der Waals surface area contributed by atoms with Crippen molar-refractivity contribution in [3.8, 4) is 17.0 Å². The Morgan fingerprint density at radius 2 is 2.00 bits per heavy atom. The molecule has 2 N–H and O–H groups in total. The number of benzene rings is 2. The van der Waals surface area contributed by atoms with Crippen LogP contribution in [0.4, 0.5) is 10.1 Å². The molecule has 0 spiro atoms. The van der Waals surface area contributed by atoms with Gasteiger partial charge >= 0.3 is 0 Å². The molecule has 0 unspecified atom stereocenters. The minimum atomic E-state index is -0.429. The first-order chi connectivity index (χ1) is 11.1. The van der Waals surface area contributed by atoms with E-state index in [1.54, 1.807) is 23.9 Å². The van der Waals surface area contributed by atoms with Gasteiger partial charge in [-0.2, -0.15) is 5.10 Å². The van der Waals surface area contributed by atoms with Crippen molar-refractivity contribution in [1.82, 2.24) is 9.78 Å². The van der Waals surface area contributed by atoms with Crippen molar-refractivity contribution in [2.75, 3.05) is 26.1 Å². The fourth-order valence-corrected chi connectivity index (χ4v) is 2.50. The summed E-state index contributed by atoms with van der Waals surface area (Å²) in [5.74, 6) is -0.230. The van der Waals surface area contributed by atoms with E-state index in [0.717, 1.165) is 10.9 Å². The zero-order valence-corrected chi connectivity index (χ0v) is 13.0. The molecule has 6 heteroatoms. The van der Waals surface area contributed by atoms with Crippen molar-refractivity contribution in [1.29, 1.82) is 0 Å². The quantitative estimate of drug-likeness (QED) is 0.581. The summed E-state index contributed by atoms with van der Waals surface area (Å²) in [6.07, 6.45) is 0. The predicted molar refractivity (Wildman–Crippen MR) is 87.9 cm³/mol. The first-order valence-corrected chi connectivity index (χ1v) is 7.24. The van der Waals surface area contributed by atoms with Crippen LogP contribution in [0.1, 0.15) is 0 Å². The molecular formula is C17H18FN3O2. The van der Waals surface area contributed by atoms with E-state index in [1.165, 1.54) is 6.07 Å². The van der Waals surface area contributed by atoms with E-state index in [0.29, 0.717) is 30.2 Å². The van der Waals surface area contributed by atoms with Crippen molar-refractivity contribution in [2.24, 2.45) is 7.05 Å². The van der Waals surface area contributed by atoms with Crippen molar-refractivity contribution in [2.45, 2.75) is 0 Å². The number of rotatable bonds is 5. The second-order valence-electron chi connectivity index (χ2n) is 5.24. The van der Waals surface area contributed by atoms with E-state index in [4.69, 9.17) is 15.2 Å². The van der Waals surface area contributed by atoms with Gasteiger partial charge in [-0.05, 0) is 36.4 Å². The number of fused-ring (bicyclic) bond motifs is 1. The molecule has 0 fully saturated rings. The number of ether oxygens (including phenoxy) is 2. The Bertz CT molecular complexity index is 845. The number of hydrogen-bond donors (Lipinski definition) is 1. The van der Waals surface area contributed by atoms with Crippen LogP contribution in [0, 0.1) is 5.82 Å². The number of methoxy groups -OCH3 is 1. The van der Waals surface area contributed by atoms with E-state index in [9.17, 15) is 4.39 Å². The van der Waals surface area contributed by atoms with Gasteiger partial charge in [0.25, 0.3) is 0 Å². The fourth-order valence-electron chi connectivity index (χ4n) is 2.50. The molecule has 0 atom stereocenters. The summed E-state index contributed by atoms with van der Waals surface area (Å²) in [7, 11) is 3.42. The summed E-state index contributed by atoms with van der Waals surface area (Å²) in [5.41, 5.74) is 8.81. The second-order valence-corrected chi connectivity index (χ2v) is 5.24. The SMILES string of the molecule is COCCOc1ccc(-c2nn(C)c3ccc(N)cc23)cc1F. The molecule has 3 rings (SSSR count). The highest BCUT2D eigenvalue weighted by atomic mass is 19.1. The Kier molecular flexibility index (Phi) is 4.16. The van der Waals surface area contributed by atoms with Crippen LogP contribution < -0.4 is 10.5 Å². The molecule has 23 heavy (non-hydrogen) atoms. The number of aryl methyl sites for hydroxylation is 1. The van der Waals surface area contributed by atoms with Gasteiger partial charge in [-0.25, -0.2) is 4.39 Å². The molecule has 2 aromatic carbocycles. The maximum absolute atomic E-state index is 14.2. The Hall–Kier alpha value is -2.60. The number of hydrogen-bond acceptors (Lipinski definition) is 4. The van der Waals surface area contributed by atoms with Crippen LogP contribution in [0.5, 0.6) is 5.75 Å². The van der Waals surface area contributed by atoms with Gasteiger partial charge in [0.15, 0.2) is 11.6 Å². The van der Waals surface area contributed by atoms with Gasteiger partial charge in [-0.15, -0.1) is 0 Å². The molecule has 120 valence electrons. The third-order valence-electron chi connectivity index (χ3n) is 3.62. The van der Waals surface area contributed by atoms with Gasteiger partial charge in [0.2, 0.25) is 0 Å². The standard InChI is InChI=1S/C17H18FN3O2/c1-21-15-5-4-12(19)10-13(15)17(20-21)11-3-6-16(14(18)9-11)23-8-7-22-2/h3-6,9-10H,7-8,19H2,1-2H3. The topological polar surface area (TPSA) is 62.3 Å². The molecule has 0 saturated carbocycles. The summed E-state index contributed by atoms with van der Waals surface area (Å²) in [4.78, 5) is 0. The largest absolute Gasteiger partial charge is 0.488 e. The molecule has 0 aliphatic rings. The molecule has 0 bridgehead atoms. The fraction of sp³-hybridized carbons (Fsp3) is 0.235. The molecule has 3 aromatic rings. The Balaban J connectivity index is 1.99. The van der Waals surface area contributed by atoms with Gasteiger partial charge in [0, 0.05) is 30.8 Å². The van der Waals surface area contributed by atoms with E-state index in [2.05, 4.69) is 5.10 Å². The van der Waals surface area contributed by atoms with Crippen molar-refractivity contribution in [3.63, 3.8) is 0 Å². The van der Waals surface area contributed by atoms with Crippen LogP contribution in [0.15, 0.2) is 36.4 Å². The van der Waals surface area contributed by atoms with Gasteiger partial charge in [0.1, 0.15) is 12.3 Å². The molecule has 0 radical (unpaired) electrons. The molecule has 5 nitrogen and oxygen atoms in total. The van der Waals surface area contributed by atoms with Crippen LogP contribution in [-0.4, -0.2) is 30.1 Å². The maximum atomic E-state index is 14.2. The third kappa shape index (κ3) is 2.98. The summed E-state index contributed by atoms with van der Waals surface area (Å²) >= 11 is 0. The van der Waals surface area contributed by atoms with Crippen molar-refractivity contribution < 1.29 is 13.9 Å². The molecule has 0 aliphatic heterocycles. The molecule has 1 heterocycles. The number of aromatic nitrogens is 2. The van der Waals surface area contributed by atoms with Gasteiger partial charge in [0.05, 0.1) is 12.1 Å². The smallest absolute Gasteiger partial charge is 0.165 e. The third-order valence-corrected chi connectivity index (χ3v) is 3.62. The normalized spacial score (nSPS) is 11.1. The number of nitrogen functional groups attached to an aromatic ring is 1. The number of nitrogens with zero attached hydrogens (tertiary/aromatic N) is 2. The summed E-state index contributed by atoms with van der Waals surface area (Å²) in [6, 6.07) is 10.4. The molecule has 1 aromatic heterocycles. The lowest BCUT2D eigenvalue weighted by Crippen LogP contribution is -2.05. The predicted octanol–water partition coefficient (Wildman–Crippen LogP) is 2.99. The van der Waals surface area contributed by atoms with E-state index >= 15 is 0 Å². The molecule has 0 amide bonds. The number of halogens is 1. The lowest BCUT2D eigenvalue weighted by atomic mass is 10.1. The van der Waals surface area contributed by atoms with Crippen molar-refractivity contribution >= 4 is 16.6 Å². The highest BCUT2D eigenvalue weighted by Crippen LogP contribution is 2.31. The number of anilines is 1. The zero-order chi connectivity index (χ0) is 16.4. The Labute approximate surface area is 133 Å². The minimum absolute atomic E-state index is 0.200. The molecular weight excluding hydrogens is 297 g/mol. The summed E-state index contributed by atoms with van der Waals surface area (Å²) in [6.45, 7) is 0.709. The highest BCUT2D eigenvalue weighted by Gasteiger charge is 2.13. The second kappa shape index (κ2) is 6.26. The van der Waals surface area contributed by atoms with Crippen LogP contribution in [-0.2, 0) is 11.8 Å². The monoisotopic (exact) mass is 315 g/mol. The molecule has 0 aliphatic carbocycles. The van der Waals surface area contributed by atoms with Gasteiger partial charge in [-0.3, -0.25) is 4.68 Å². The summed E-state index contributed by atoms with van der Waals surface area (Å²) < 4.78 is 26.2. The van der Waals surface area contributed by atoms with E-state index in [-0.39, 0.29) is 5.75 Å². The Morgan fingerprint density at radius 1 is 1.17 bits per heavy atom. The average molecular weight is 315 g/mol. The van der Waals surface area contributed by atoms with Gasteiger partial charge < -0.3 is 15.2 Å². The molecule has 0 saturated heterocycles. The lowest BCUT2D eigenvalue weighted by molar-refractivity contribution is 0.144. The van der Waals surface area contributed by atoms with Crippen LogP contribution in [0.25, 0.3) is 22.2 Å². The minimum Gasteiger partial charge on any atom is -0.488 e. The van der Waals surface area contributed by atoms with Crippen LogP contribution in [0.3, 0.4) is 0 Å².